The zero-order valence-corrected chi connectivity index (χ0v) is 16.5. The van der Waals surface area contributed by atoms with Crippen LogP contribution in [-0.4, -0.2) is 21.0 Å². The Hall–Kier alpha value is -3.39. The van der Waals surface area contributed by atoms with E-state index in [-0.39, 0.29) is 11.5 Å². The van der Waals surface area contributed by atoms with Crippen molar-refractivity contribution in [1.29, 1.82) is 0 Å². The third kappa shape index (κ3) is 4.07. The molecule has 0 unspecified atom stereocenters. The number of hydrogen-bond acceptors (Lipinski definition) is 6. The van der Waals surface area contributed by atoms with Gasteiger partial charge in [0.25, 0.3) is 11.8 Å². The summed E-state index contributed by atoms with van der Waals surface area (Å²) in [6, 6.07) is 15.0. The van der Waals surface area contributed by atoms with Crippen LogP contribution in [0.1, 0.15) is 35.8 Å². The topological polar surface area (TPSA) is 80.9 Å². The number of thiazole rings is 1. The molecule has 6 nitrogen and oxygen atoms in total. The van der Waals surface area contributed by atoms with Crippen LogP contribution in [0.5, 0.6) is 0 Å². The lowest BCUT2D eigenvalue weighted by atomic mass is 10.1. The van der Waals surface area contributed by atoms with Gasteiger partial charge in [-0.3, -0.25) is 10.1 Å². The fraction of sp³-hybridized carbons (Fsp3) is 0.143. The standard InChI is InChI=1S/C21H17FN4O2S/c1-12(2)16-17(20-24-18(26-28-20)13-7-4-3-5-8-13)29-21(23-16)25-19(27)14-9-6-10-15(22)11-14/h3-12H,1-2H3,(H,23,25,27). The van der Waals surface area contributed by atoms with Crippen LogP contribution in [-0.2, 0) is 0 Å². The molecule has 0 radical (unpaired) electrons. The van der Waals surface area contributed by atoms with E-state index in [0.717, 1.165) is 11.3 Å². The van der Waals surface area contributed by atoms with Crippen LogP contribution < -0.4 is 5.32 Å². The first-order valence-corrected chi connectivity index (χ1v) is 9.80. The lowest BCUT2D eigenvalue weighted by Crippen LogP contribution is -2.11. The SMILES string of the molecule is CC(C)c1nc(NC(=O)c2cccc(F)c2)sc1-c1nc(-c2ccccc2)no1. The molecule has 0 aliphatic rings. The first-order valence-electron chi connectivity index (χ1n) is 8.98. The Labute approximate surface area is 170 Å². The number of nitrogens with one attached hydrogen (secondary N) is 1. The second kappa shape index (κ2) is 7.92. The highest BCUT2D eigenvalue weighted by molar-refractivity contribution is 7.19. The van der Waals surface area contributed by atoms with Gasteiger partial charge in [0.05, 0.1) is 5.69 Å². The molecule has 1 N–H and O–H groups in total. The minimum atomic E-state index is -0.473. The molecular weight excluding hydrogens is 391 g/mol. The summed E-state index contributed by atoms with van der Waals surface area (Å²) in [5.74, 6) is -0.00577. The Kier molecular flexibility index (Phi) is 5.18. The molecule has 4 aromatic rings. The number of carbonyl (C=O) groups is 1. The number of rotatable bonds is 5. The molecule has 0 saturated heterocycles. The van der Waals surface area contributed by atoms with E-state index in [1.54, 1.807) is 6.07 Å². The maximum atomic E-state index is 13.4. The van der Waals surface area contributed by atoms with Crippen molar-refractivity contribution in [3.8, 4) is 22.2 Å². The number of hydrogen-bond donors (Lipinski definition) is 1. The summed E-state index contributed by atoms with van der Waals surface area (Å²) in [6.07, 6.45) is 0. The zero-order valence-electron chi connectivity index (χ0n) is 15.7. The van der Waals surface area contributed by atoms with E-state index < -0.39 is 11.7 Å². The van der Waals surface area contributed by atoms with Gasteiger partial charge in [-0.2, -0.15) is 4.98 Å². The van der Waals surface area contributed by atoms with Gasteiger partial charge < -0.3 is 4.52 Å². The number of carbonyl (C=O) groups excluding carboxylic acids is 1. The third-order valence-corrected chi connectivity index (χ3v) is 5.13. The van der Waals surface area contributed by atoms with E-state index >= 15 is 0 Å². The molecule has 0 atom stereocenters. The van der Waals surface area contributed by atoms with Crippen molar-refractivity contribution in [1.82, 2.24) is 15.1 Å². The van der Waals surface area contributed by atoms with Crippen LogP contribution in [0.15, 0.2) is 59.1 Å². The highest BCUT2D eigenvalue weighted by atomic mass is 32.1. The molecule has 0 aliphatic heterocycles. The Morgan fingerprint density at radius 1 is 1.10 bits per heavy atom. The molecule has 0 fully saturated rings. The molecule has 8 heteroatoms. The molecule has 0 spiro atoms. The van der Waals surface area contributed by atoms with Crippen molar-refractivity contribution >= 4 is 22.4 Å². The van der Waals surface area contributed by atoms with E-state index in [0.29, 0.717) is 21.7 Å². The summed E-state index contributed by atoms with van der Waals surface area (Å²) >= 11 is 1.24. The van der Waals surface area contributed by atoms with Gasteiger partial charge in [0.15, 0.2) is 5.13 Å². The summed E-state index contributed by atoms with van der Waals surface area (Å²) in [5.41, 5.74) is 1.81. The molecule has 29 heavy (non-hydrogen) atoms. The number of halogens is 1. The predicted octanol–water partition coefficient (Wildman–Crippen LogP) is 5.37. The van der Waals surface area contributed by atoms with Crippen molar-refractivity contribution in [2.75, 3.05) is 5.32 Å². The van der Waals surface area contributed by atoms with Crippen LogP contribution in [0.4, 0.5) is 9.52 Å². The van der Waals surface area contributed by atoms with Crippen molar-refractivity contribution in [2.24, 2.45) is 0 Å². The molecule has 2 aromatic heterocycles. The molecule has 146 valence electrons. The van der Waals surface area contributed by atoms with Gasteiger partial charge in [0.2, 0.25) is 5.82 Å². The average molecular weight is 408 g/mol. The molecule has 0 aliphatic carbocycles. The second-order valence-electron chi connectivity index (χ2n) is 6.64. The van der Waals surface area contributed by atoms with Crippen LogP contribution in [0.25, 0.3) is 22.2 Å². The van der Waals surface area contributed by atoms with E-state index in [1.165, 1.54) is 29.5 Å². The predicted molar refractivity (Wildman–Crippen MR) is 109 cm³/mol. The number of amides is 1. The summed E-state index contributed by atoms with van der Waals surface area (Å²) in [4.78, 5) is 22.1. The highest BCUT2D eigenvalue weighted by Gasteiger charge is 2.22. The lowest BCUT2D eigenvalue weighted by molar-refractivity contribution is 0.102. The molecule has 2 heterocycles. The van der Waals surface area contributed by atoms with Crippen LogP contribution >= 0.6 is 11.3 Å². The smallest absolute Gasteiger partial charge is 0.270 e. The Balaban J connectivity index is 1.64. The first-order chi connectivity index (χ1) is 14.0. The van der Waals surface area contributed by atoms with E-state index in [4.69, 9.17) is 4.52 Å². The largest absolute Gasteiger partial charge is 0.333 e. The van der Waals surface area contributed by atoms with Crippen molar-refractivity contribution in [3.63, 3.8) is 0 Å². The number of benzene rings is 2. The molecular formula is C21H17FN4O2S. The maximum absolute atomic E-state index is 13.4. The Bertz CT molecular complexity index is 1150. The van der Waals surface area contributed by atoms with Crippen molar-refractivity contribution in [2.45, 2.75) is 19.8 Å². The van der Waals surface area contributed by atoms with Gasteiger partial charge in [0, 0.05) is 11.1 Å². The third-order valence-electron chi connectivity index (χ3n) is 4.16. The molecule has 0 saturated carbocycles. The average Bonchev–Trinajstić information content (AvgIpc) is 3.36. The molecule has 4 rings (SSSR count). The Morgan fingerprint density at radius 3 is 2.62 bits per heavy atom. The first kappa shape index (κ1) is 18.9. The van der Waals surface area contributed by atoms with E-state index in [2.05, 4.69) is 20.4 Å². The molecule has 0 bridgehead atoms. The molecule has 2 aromatic carbocycles. The van der Waals surface area contributed by atoms with Crippen molar-refractivity contribution in [3.05, 3.63) is 71.7 Å². The van der Waals surface area contributed by atoms with Crippen LogP contribution in [0.3, 0.4) is 0 Å². The van der Waals surface area contributed by atoms with Gasteiger partial charge in [-0.1, -0.05) is 66.7 Å². The van der Waals surface area contributed by atoms with Gasteiger partial charge in [-0.25, -0.2) is 9.37 Å². The minimum absolute atomic E-state index is 0.0770. The quantitative estimate of drug-likeness (QED) is 0.480. The maximum Gasteiger partial charge on any atom is 0.270 e. The fourth-order valence-electron chi connectivity index (χ4n) is 2.75. The lowest BCUT2D eigenvalue weighted by Gasteiger charge is -2.02. The summed E-state index contributed by atoms with van der Waals surface area (Å²) in [7, 11) is 0. The van der Waals surface area contributed by atoms with Gasteiger partial charge in [0.1, 0.15) is 10.7 Å². The molecule has 1 amide bonds. The number of anilines is 1. The summed E-state index contributed by atoms with van der Waals surface area (Å²) in [6.45, 7) is 3.98. The van der Waals surface area contributed by atoms with Crippen LogP contribution in [0.2, 0.25) is 0 Å². The second-order valence-corrected chi connectivity index (χ2v) is 7.64. The fourth-order valence-corrected chi connectivity index (χ4v) is 3.79. The normalized spacial score (nSPS) is 11.0. The summed E-state index contributed by atoms with van der Waals surface area (Å²) in [5, 5.41) is 7.16. The van der Waals surface area contributed by atoms with Crippen molar-refractivity contribution < 1.29 is 13.7 Å². The van der Waals surface area contributed by atoms with E-state index in [9.17, 15) is 9.18 Å². The minimum Gasteiger partial charge on any atom is -0.333 e. The van der Waals surface area contributed by atoms with Gasteiger partial charge >= 0.3 is 0 Å². The monoisotopic (exact) mass is 408 g/mol. The number of aromatic nitrogens is 3. The van der Waals surface area contributed by atoms with Gasteiger partial charge in [-0.15, -0.1) is 0 Å². The number of nitrogens with zero attached hydrogens (tertiary/aromatic N) is 3. The van der Waals surface area contributed by atoms with Gasteiger partial charge in [-0.05, 0) is 24.1 Å². The van der Waals surface area contributed by atoms with Crippen LogP contribution in [0, 0.1) is 5.82 Å². The highest BCUT2D eigenvalue weighted by Crippen LogP contribution is 2.37. The Morgan fingerprint density at radius 2 is 1.90 bits per heavy atom. The summed E-state index contributed by atoms with van der Waals surface area (Å²) < 4.78 is 18.8. The van der Waals surface area contributed by atoms with E-state index in [1.807, 2.05) is 44.2 Å². The zero-order chi connectivity index (χ0) is 20.4.